The molecule has 0 atom stereocenters. The first-order valence-corrected chi connectivity index (χ1v) is 9.33. The summed E-state index contributed by atoms with van der Waals surface area (Å²) in [6.07, 6.45) is 6.63. The van der Waals surface area contributed by atoms with Crippen molar-refractivity contribution in [1.82, 2.24) is 5.32 Å². The van der Waals surface area contributed by atoms with E-state index in [1.165, 1.54) is 44.6 Å². The van der Waals surface area contributed by atoms with Crippen LogP contribution in [-0.4, -0.2) is 29.4 Å². The normalized spacial score (nSPS) is 30.6. The Bertz CT molecular complexity index is 771. The maximum absolute atomic E-state index is 12.5. The Morgan fingerprint density at radius 1 is 1.11 bits per heavy atom. The van der Waals surface area contributed by atoms with Gasteiger partial charge in [-0.3, -0.25) is 19.7 Å². The average molecular weight is 373 g/mol. The van der Waals surface area contributed by atoms with Gasteiger partial charge in [-0.2, -0.15) is 0 Å². The van der Waals surface area contributed by atoms with Crippen LogP contribution in [0.5, 0.6) is 5.75 Å². The first-order valence-electron chi connectivity index (χ1n) is 9.33. The van der Waals surface area contributed by atoms with E-state index in [0.29, 0.717) is 17.8 Å². The average Bonchev–Trinajstić information content (AvgIpc) is 2.60. The molecule has 0 aromatic heterocycles. The smallest absolute Gasteiger partial charge is 0.313 e. The van der Waals surface area contributed by atoms with Gasteiger partial charge in [0.25, 0.3) is 5.69 Å². The number of nitro benzene ring substituents is 1. The van der Waals surface area contributed by atoms with E-state index in [2.05, 4.69) is 10.6 Å². The third-order valence-electron chi connectivity index (χ3n) is 6.27. The van der Waals surface area contributed by atoms with E-state index in [9.17, 15) is 19.7 Å². The topological polar surface area (TPSA) is 111 Å². The largest absolute Gasteiger partial charge is 0.494 e. The van der Waals surface area contributed by atoms with Crippen LogP contribution in [0.4, 0.5) is 11.4 Å². The summed E-state index contributed by atoms with van der Waals surface area (Å²) in [5, 5.41) is 16.4. The second-order valence-corrected chi connectivity index (χ2v) is 8.25. The number of methoxy groups -OCH3 is 1. The van der Waals surface area contributed by atoms with E-state index < -0.39 is 16.7 Å². The molecule has 0 aliphatic heterocycles. The summed E-state index contributed by atoms with van der Waals surface area (Å²) in [7, 11) is 1.35. The highest BCUT2D eigenvalue weighted by Gasteiger charge is 2.51. The van der Waals surface area contributed by atoms with Gasteiger partial charge >= 0.3 is 11.8 Å². The van der Waals surface area contributed by atoms with Gasteiger partial charge in [0, 0.05) is 11.6 Å². The number of carbonyl (C=O) groups is 2. The van der Waals surface area contributed by atoms with Crippen molar-refractivity contribution in [1.29, 1.82) is 0 Å². The summed E-state index contributed by atoms with van der Waals surface area (Å²) >= 11 is 0. The molecular formula is C19H23N3O5. The van der Waals surface area contributed by atoms with E-state index in [4.69, 9.17) is 4.74 Å². The van der Waals surface area contributed by atoms with Crippen LogP contribution in [-0.2, 0) is 9.59 Å². The third kappa shape index (κ3) is 3.36. The summed E-state index contributed by atoms with van der Waals surface area (Å²) in [6.45, 7) is 0. The van der Waals surface area contributed by atoms with Crippen molar-refractivity contribution in [3.05, 3.63) is 28.3 Å². The number of anilines is 1. The molecular weight excluding hydrogens is 350 g/mol. The Morgan fingerprint density at radius 3 is 2.22 bits per heavy atom. The van der Waals surface area contributed by atoms with Crippen LogP contribution in [0.15, 0.2) is 18.2 Å². The SMILES string of the molecule is COc1cc([N+](=O)[O-])ccc1NC(=O)C(=O)NC12CC3CC(CC(C3)C1)C2. The number of nitrogens with zero attached hydrogens (tertiary/aromatic N) is 1. The molecule has 0 saturated heterocycles. The lowest BCUT2D eigenvalue weighted by Gasteiger charge is -2.56. The van der Waals surface area contributed by atoms with Gasteiger partial charge in [0.05, 0.1) is 23.8 Å². The molecule has 4 saturated carbocycles. The lowest BCUT2D eigenvalue weighted by atomic mass is 9.53. The minimum absolute atomic E-state index is 0.139. The lowest BCUT2D eigenvalue weighted by molar-refractivity contribution is -0.384. The molecule has 8 nitrogen and oxygen atoms in total. The molecule has 2 amide bonds. The fourth-order valence-corrected chi connectivity index (χ4v) is 5.64. The summed E-state index contributed by atoms with van der Waals surface area (Å²) in [6, 6.07) is 3.84. The third-order valence-corrected chi connectivity index (χ3v) is 6.27. The number of hydrogen-bond acceptors (Lipinski definition) is 5. The lowest BCUT2D eigenvalue weighted by Crippen LogP contribution is -2.61. The molecule has 144 valence electrons. The molecule has 0 heterocycles. The zero-order chi connectivity index (χ0) is 19.2. The molecule has 0 unspecified atom stereocenters. The number of nitro groups is 1. The Labute approximate surface area is 156 Å². The number of carbonyl (C=O) groups excluding carboxylic acids is 2. The van der Waals surface area contributed by atoms with Gasteiger partial charge in [-0.25, -0.2) is 0 Å². The van der Waals surface area contributed by atoms with Crippen LogP contribution < -0.4 is 15.4 Å². The second kappa shape index (κ2) is 6.51. The molecule has 0 spiro atoms. The molecule has 0 radical (unpaired) electrons. The molecule has 4 bridgehead atoms. The molecule has 5 rings (SSSR count). The number of benzene rings is 1. The highest BCUT2D eigenvalue weighted by atomic mass is 16.6. The molecule has 8 heteroatoms. The fraction of sp³-hybridized carbons (Fsp3) is 0.579. The predicted molar refractivity (Wildman–Crippen MR) is 97.3 cm³/mol. The monoisotopic (exact) mass is 373 g/mol. The molecule has 4 aliphatic rings. The second-order valence-electron chi connectivity index (χ2n) is 8.25. The van der Waals surface area contributed by atoms with Crippen molar-refractivity contribution < 1.29 is 19.2 Å². The predicted octanol–water partition coefficient (Wildman–Crippen LogP) is 2.63. The Morgan fingerprint density at radius 2 is 1.70 bits per heavy atom. The zero-order valence-corrected chi connectivity index (χ0v) is 15.2. The highest BCUT2D eigenvalue weighted by Crippen LogP contribution is 2.55. The highest BCUT2D eigenvalue weighted by molar-refractivity contribution is 6.40. The maximum atomic E-state index is 12.5. The van der Waals surface area contributed by atoms with Crippen molar-refractivity contribution in [2.24, 2.45) is 17.8 Å². The number of rotatable bonds is 4. The van der Waals surface area contributed by atoms with Gasteiger partial charge in [-0.05, 0) is 62.3 Å². The van der Waals surface area contributed by atoms with E-state index in [1.54, 1.807) is 0 Å². The quantitative estimate of drug-likeness (QED) is 0.479. The van der Waals surface area contributed by atoms with Gasteiger partial charge in [0.2, 0.25) is 0 Å². The van der Waals surface area contributed by atoms with Crippen molar-refractivity contribution in [2.45, 2.75) is 44.1 Å². The van der Waals surface area contributed by atoms with Gasteiger partial charge in [0.1, 0.15) is 5.75 Å². The molecule has 4 aliphatic carbocycles. The zero-order valence-electron chi connectivity index (χ0n) is 15.2. The molecule has 1 aromatic carbocycles. The van der Waals surface area contributed by atoms with Crippen molar-refractivity contribution in [3.8, 4) is 5.75 Å². The van der Waals surface area contributed by atoms with Gasteiger partial charge in [-0.1, -0.05) is 0 Å². The van der Waals surface area contributed by atoms with Crippen molar-refractivity contribution in [2.75, 3.05) is 12.4 Å². The van der Waals surface area contributed by atoms with Crippen LogP contribution in [0.1, 0.15) is 38.5 Å². The summed E-state index contributed by atoms with van der Waals surface area (Å²) < 4.78 is 5.10. The van der Waals surface area contributed by atoms with Crippen LogP contribution in [0.3, 0.4) is 0 Å². The standard InChI is InChI=1S/C19H23N3O5/c1-27-16-7-14(22(25)26)2-3-15(16)20-17(23)18(24)21-19-8-11-4-12(9-19)6-13(5-11)10-19/h2-3,7,11-13H,4-6,8-10H2,1H3,(H,20,23)(H,21,24). The van der Waals surface area contributed by atoms with Crippen molar-refractivity contribution >= 4 is 23.2 Å². The first kappa shape index (κ1) is 17.8. The van der Waals surface area contributed by atoms with Gasteiger partial charge in [0.15, 0.2) is 0 Å². The van der Waals surface area contributed by atoms with Crippen LogP contribution in [0.2, 0.25) is 0 Å². The molecule has 2 N–H and O–H groups in total. The van der Waals surface area contributed by atoms with Gasteiger partial charge < -0.3 is 15.4 Å². The number of amides is 2. The van der Waals surface area contributed by atoms with Crippen LogP contribution in [0.25, 0.3) is 0 Å². The first-order chi connectivity index (χ1) is 12.9. The molecule has 1 aromatic rings. The Balaban J connectivity index is 1.44. The van der Waals surface area contributed by atoms with Crippen molar-refractivity contribution in [3.63, 3.8) is 0 Å². The van der Waals surface area contributed by atoms with E-state index in [-0.39, 0.29) is 22.7 Å². The van der Waals surface area contributed by atoms with Crippen LogP contribution >= 0.6 is 0 Å². The number of hydrogen-bond donors (Lipinski definition) is 2. The summed E-state index contributed by atoms with van der Waals surface area (Å²) in [4.78, 5) is 35.3. The van der Waals surface area contributed by atoms with E-state index >= 15 is 0 Å². The minimum Gasteiger partial charge on any atom is -0.494 e. The molecule has 4 fully saturated rings. The van der Waals surface area contributed by atoms with E-state index in [0.717, 1.165) is 19.3 Å². The Kier molecular flexibility index (Phi) is 4.28. The molecule has 27 heavy (non-hydrogen) atoms. The van der Waals surface area contributed by atoms with Gasteiger partial charge in [-0.15, -0.1) is 0 Å². The summed E-state index contributed by atoms with van der Waals surface area (Å²) in [5.41, 5.74) is -0.167. The minimum atomic E-state index is -0.780. The number of nitrogens with one attached hydrogen (secondary N) is 2. The Hall–Kier alpha value is -2.64. The number of non-ortho nitro benzene ring substituents is 1. The van der Waals surface area contributed by atoms with Crippen LogP contribution in [0, 0.1) is 27.9 Å². The van der Waals surface area contributed by atoms with E-state index in [1.807, 2.05) is 0 Å². The maximum Gasteiger partial charge on any atom is 0.313 e. The summed E-state index contributed by atoms with van der Waals surface area (Å²) in [5.74, 6) is 0.688. The number of ether oxygens (including phenoxy) is 1. The fourth-order valence-electron chi connectivity index (χ4n) is 5.64.